The Morgan fingerprint density at radius 3 is 2.63 bits per heavy atom. The Labute approximate surface area is 108 Å². The Morgan fingerprint density at radius 2 is 2.00 bits per heavy atom. The molecule has 0 saturated carbocycles. The molecular weight excluding hydrogens is 251 g/mol. The van der Waals surface area contributed by atoms with E-state index in [1.807, 2.05) is 0 Å². The molecule has 0 aliphatic heterocycles. The van der Waals surface area contributed by atoms with E-state index in [-0.39, 0.29) is 17.5 Å². The first-order chi connectivity index (χ1) is 8.95. The standard InChI is InChI=1S/C13H11FN2O3/c1-7-5-9(3-4-10(7)14)19-13-15-8(2)6-11(16-13)12(17)18/h3-6H,1-2H3,(H,17,18). The van der Waals surface area contributed by atoms with Gasteiger partial charge in [0, 0.05) is 5.69 Å². The van der Waals surface area contributed by atoms with Crippen molar-refractivity contribution in [1.29, 1.82) is 0 Å². The third-order valence-corrected chi connectivity index (χ3v) is 2.39. The summed E-state index contributed by atoms with van der Waals surface area (Å²) in [6, 6.07) is 5.43. The number of carboxylic acids is 1. The normalized spacial score (nSPS) is 10.3. The van der Waals surface area contributed by atoms with Gasteiger partial charge in [-0.05, 0) is 43.7 Å². The summed E-state index contributed by atoms with van der Waals surface area (Å²) in [5.74, 6) is -1.16. The van der Waals surface area contributed by atoms with Gasteiger partial charge in [-0.2, -0.15) is 4.98 Å². The zero-order chi connectivity index (χ0) is 14.0. The second-order valence-corrected chi connectivity index (χ2v) is 4.00. The van der Waals surface area contributed by atoms with E-state index in [4.69, 9.17) is 9.84 Å². The highest BCUT2D eigenvalue weighted by molar-refractivity contribution is 5.85. The number of aryl methyl sites for hydroxylation is 2. The number of benzene rings is 1. The van der Waals surface area contributed by atoms with Gasteiger partial charge in [0.1, 0.15) is 11.6 Å². The van der Waals surface area contributed by atoms with Crippen molar-refractivity contribution in [3.05, 3.63) is 47.0 Å². The number of ether oxygens (including phenoxy) is 1. The quantitative estimate of drug-likeness (QED) is 0.920. The van der Waals surface area contributed by atoms with Gasteiger partial charge < -0.3 is 9.84 Å². The van der Waals surface area contributed by atoms with Crippen molar-refractivity contribution in [3.8, 4) is 11.8 Å². The number of hydrogen-bond acceptors (Lipinski definition) is 4. The van der Waals surface area contributed by atoms with E-state index in [9.17, 15) is 9.18 Å². The molecule has 1 aromatic carbocycles. The van der Waals surface area contributed by atoms with Gasteiger partial charge in [0.15, 0.2) is 5.69 Å². The number of carbonyl (C=O) groups is 1. The van der Waals surface area contributed by atoms with Crippen LogP contribution in [0.4, 0.5) is 4.39 Å². The fraction of sp³-hybridized carbons (Fsp3) is 0.154. The average molecular weight is 262 g/mol. The van der Waals surface area contributed by atoms with Gasteiger partial charge in [-0.25, -0.2) is 14.2 Å². The summed E-state index contributed by atoms with van der Waals surface area (Å²) in [6.07, 6.45) is 0. The van der Waals surface area contributed by atoms with E-state index in [0.717, 1.165) is 0 Å². The predicted molar refractivity (Wildman–Crippen MR) is 64.9 cm³/mol. The zero-order valence-corrected chi connectivity index (χ0v) is 10.3. The van der Waals surface area contributed by atoms with E-state index in [2.05, 4.69) is 9.97 Å². The molecule has 0 spiro atoms. The lowest BCUT2D eigenvalue weighted by atomic mass is 10.2. The number of aromatic carboxylic acids is 1. The van der Waals surface area contributed by atoms with E-state index < -0.39 is 5.97 Å². The van der Waals surface area contributed by atoms with Crippen LogP contribution in [0, 0.1) is 19.7 Å². The zero-order valence-electron chi connectivity index (χ0n) is 10.3. The highest BCUT2D eigenvalue weighted by Gasteiger charge is 2.10. The summed E-state index contributed by atoms with van der Waals surface area (Å²) in [4.78, 5) is 18.6. The number of nitrogens with zero attached hydrogens (tertiary/aromatic N) is 2. The number of halogens is 1. The van der Waals surface area contributed by atoms with Crippen LogP contribution in [0.3, 0.4) is 0 Å². The van der Waals surface area contributed by atoms with Crippen LogP contribution < -0.4 is 4.74 Å². The minimum absolute atomic E-state index is 0.0802. The van der Waals surface area contributed by atoms with Crippen molar-refractivity contribution >= 4 is 5.97 Å². The number of carboxylic acid groups (broad SMARTS) is 1. The Hall–Kier alpha value is -2.50. The minimum Gasteiger partial charge on any atom is -0.477 e. The van der Waals surface area contributed by atoms with Crippen LogP contribution in [0.25, 0.3) is 0 Å². The monoisotopic (exact) mass is 262 g/mol. The Morgan fingerprint density at radius 1 is 1.26 bits per heavy atom. The third-order valence-electron chi connectivity index (χ3n) is 2.39. The minimum atomic E-state index is -1.16. The van der Waals surface area contributed by atoms with Crippen LogP contribution in [0.5, 0.6) is 11.8 Å². The molecule has 0 saturated heterocycles. The summed E-state index contributed by atoms with van der Waals surface area (Å²) in [5.41, 5.74) is 0.742. The van der Waals surface area contributed by atoms with Crippen LogP contribution in [0.2, 0.25) is 0 Å². The SMILES string of the molecule is Cc1cc(C(=O)O)nc(Oc2ccc(F)c(C)c2)n1. The van der Waals surface area contributed by atoms with Gasteiger partial charge in [-0.15, -0.1) is 0 Å². The molecule has 2 rings (SSSR count). The van der Waals surface area contributed by atoms with Crippen molar-refractivity contribution in [2.24, 2.45) is 0 Å². The highest BCUT2D eigenvalue weighted by Crippen LogP contribution is 2.21. The molecule has 1 heterocycles. The maximum Gasteiger partial charge on any atom is 0.354 e. The van der Waals surface area contributed by atoms with Crippen LogP contribution in [0.1, 0.15) is 21.7 Å². The molecule has 1 aromatic heterocycles. The van der Waals surface area contributed by atoms with Crippen molar-refractivity contribution in [1.82, 2.24) is 9.97 Å². The van der Waals surface area contributed by atoms with Gasteiger partial charge >= 0.3 is 12.0 Å². The molecule has 0 bridgehead atoms. The van der Waals surface area contributed by atoms with Gasteiger partial charge in [-0.3, -0.25) is 0 Å². The number of aromatic nitrogens is 2. The molecule has 2 aromatic rings. The lowest BCUT2D eigenvalue weighted by Crippen LogP contribution is -2.04. The molecule has 0 atom stereocenters. The van der Waals surface area contributed by atoms with Gasteiger partial charge in [0.05, 0.1) is 0 Å². The number of hydrogen-bond donors (Lipinski definition) is 1. The van der Waals surface area contributed by atoms with Crippen molar-refractivity contribution < 1.29 is 19.0 Å². The van der Waals surface area contributed by atoms with Gasteiger partial charge in [-0.1, -0.05) is 0 Å². The first kappa shape index (κ1) is 12.9. The summed E-state index contributed by atoms with van der Waals surface area (Å²) in [6.45, 7) is 3.23. The molecule has 5 nitrogen and oxygen atoms in total. The maximum atomic E-state index is 13.1. The second-order valence-electron chi connectivity index (χ2n) is 4.00. The van der Waals surface area contributed by atoms with E-state index in [0.29, 0.717) is 17.0 Å². The largest absolute Gasteiger partial charge is 0.477 e. The Balaban J connectivity index is 2.32. The van der Waals surface area contributed by atoms with E-state index in [1.165, 1.54) is 24.3 Å². The van der Waals surface area contributed by atoms with Gasteiger partial charge in [0.2, 0.25) is 0 Å². The molecule has 0 aliphatic carbocycles. The van der Waals surface area contributed by atoms with Crippen LogP contribution >= 0.6 is 0 Å². The molecule has 0 radical (unpaired) electrons. The van der Waals surface area contributed by atoms with E-state index >= 15 is 0 Å². The molecule has 0 fully saturated rings. The van der Waals surface area contributed by atoms with Crippen LogP contribution in [-0.4, -0.2) is 21.0 Å². The Bertz CT molecular complexity index is 644. The molecule has 0 amide bonds. The highest BCUT2D eigenvalue weighted by atomic mass is 19.1. The molecule has 0 aliphatic rings. The van der Waals surface area contributed by atoms with Crippen molar-refractivity contribution in [3.63, 3.8) is 0 Å². The molecular formula is C13H11FN2O3. The smallest absolute Gasteiger partial charge is 0.354 e. The van der Waals surface area contributed by atoms with Crippen molar-refractivity contribution in [2.45, 2.75) is 13.8 Å². The lowest BCUT2D eigenvalue weighted by Gasteiger charge is -2.06. The average Bonchev–Trinajstić information content (AvgIpc) is 2.33. The fourth-order valence-corrected chi connectivity index (χ4v) is 1.48. The maximum absolute atomic E-state index is 13.1. The van der Waals surface area contributed by atoms with E-state index in [1.54, 1.807) is 13.8 Å². The first-order valence-electron chi connectivity index (χ1n) is 5.48. The predicted octanol–water partition coefficient (Wildman–Crippen LogP) is 2.72. The van der Waals surface area contributed by atoms with Gasteiger partial charge in [0.25, 0.3) is 0 Å². The lowest BCUT2D eigenvalue weighted by molar-refractivity contribution is 0.0689. The third kappa shape index (κ3) is 3.04. The molecule has 1 N–H and O–H groups in total. The summed E-state index contributed by atoms with van der Waals surface area (Å²) in [5, 5.41) is 8.88. The van der Waals surface area contributed by atoms with Crippen LogP contribution in [0.15, 0.2) is 24.3 Å². The fourth-order valence-electron chi connectivity index (χ4n) is 1.48. The molecule has 98 valence electrons. The first-order valence-corrected chi connectivity index (χ1v) is 5.48. The van der Waals surface area contributed by atoms with Crippen LogP contribution in [-0.2, 0) is 0 Å². The summed E-state index contributed by atoms with van der Waals surface area (Å²) < 4.78 is 18.4. The van der Waals surface area contributed by atoms with Crippen molar-refractivity contribution in [2.75, 3.05) is 0 Å². The Kier molecular flexibility index (Phi) is 3.41. The second kappa shape index (κ2) is 5.01. The topological polar surface area (TPSA) is 72.3 Å². The molecule has 6 heteroatoms. The summed E-state index contributed by atoms with van der Waals surface area (Å²) in [7, 11) is 0. The summed E-state index contributed by atoms with van der Waals surface area (Å²) >= 11 is 0. The number of rotatable bonds is 3. The molecule has 0 unspecified atom stereocenters. The molecule has 19 heavy (non-hydrogen) atoms.